The highest BCUT2D eigenvalue weighted by molar-refractivity contribution is 6.01. The minimum Gasteiger partial charge on any atom is -0.393 e. The molecular formula is C24H21N6O+. The Morgan fingerprint density at radius 3 is 2.65 bits per heavy atom. The molecule has 3 N–H and O–H groups in total. The van der Waals surface area contributed by atoms with Gasteiger partial charge < -0.3 is 5.11 Å². The molecule has 152 valence electrons. The van der Waals surface area contributed by atoms with Crippen molar-refractivity contribution in [2.24, 2.45) is 21.7 Å². The number of aliphatic hydroxyl groups excluding tert-OH is 1. The summed E-state index contributed by atoms with van der Waals surface area (Å²) in [6.45, 7) is 0. The van der Waals surface area contributed by atoms with E-state index in [4.69, 9.17) is 15.8 Å². The number of aliphatic imine (C=N–C) groups is 2. The number of hydrogen-bond acceptors (Lipinski definition) is 6. The van der Waals surface area contributed by atoms with Gasteiger partial charge in [0.15, 0.2) is 0 Å². The second-order valence-corrected chi connectivity index (χ2v) is 8.20. The number of nitrogens with zero attached hydrogens (tertiary/aromatic N) is 5. The zero-order chi connectivity index (χ0) is 21.0. The first kappa shape index (κ1) is 18.3. The van der Waals surface area contributed by atoms with Crippen molar-refractivity contribution in [1.29, 1.82) is 0 Å². The van der Waals surface area contributed by atoms with E-state index in [2.05, 4.69) is 9.98 Å². The zero-order valence-electron chi connectivity index (χ0n) is 16.8. The molecule has 3 aliphatic rings. The fourth-order valence-corrected chi connectivity index (χ4v) is 4.44. The van der Waals surface area contributed by atoms with Crippen molar-refractivity contribution in [3.63, 3.8) is 0 Å². The number of aliphatic hydroxyl groups is 1. The number of benzene rings is 2. The Kier molecular flexibility index (Phi) is 3.97. The van der Waals surface area contributed by atoms with E-state index in [1.807, 2.05) is 54.7 Å². The maximum absolute atomic E-state index is 9.80. The van der Waals surface area contributed by atoms with Gasteiger partial charge in [-0.15, -0.1) is 4.59 Å². The van der Waals surface area contributed by atoms with Crippen molar-refractivity contribution >= 4 is 28.8 Å². The number of rotatable bonds is 3. The van der Waals surface area contributed by atoms with Gasteiger partial charge in [0.1, 0.15) is 11.9 Å². The maximum Gasteiger partial charge on any atom is 0.236 e. The van der Waals surface area contributed by atoms with Crippen LogP contribution in [0.5, 0.6) is 0 Å². The molecule has 7 nitrogen and oxygen atoms in total. The molecule has 0 spiro atoms. The summed E-state index contributed by atoms with van der Waals surface area (Å²) in [6, 6.07) is 16.0. The van der Waals surface area contributed by atoms with Gasteiger partial charge in [0.2, 0.25) is 11.5 Å². The first-order chi connectivity index (χ1) is 15.1. The number of nitrogens with two attached hydrogens (primary N) is 1. The molecule has 0 bridgehead atoms. The van der Waals surface area contributed by atoms with E-state index in [0.29, 0.717) is 12.8 Å². The number of quaternary nitrogens is 1. The van der Waals surface area contributed by atoms with Crippen LogP contribution in [0.2, 0.25) is 0 Å². The van der Waals surface area contributed by atoms with Crippen LogP contribution in [-0.4, -0.2) is 37.8 Å². The monoisotopic (exact) mass is 409 g/mol. The van der Waals surface area contributed by atoms with Crippen LogP contribution in [-0.2, 0) is 0 Å². The van der Waals surface area contributed by atoms with Gasteiger partial charge in [-0.1, -0.05) is 36.4 Å². The molecule has 1 unspecified atom stereocenters. The number of fused-ring (bicyclic) bond motifs is 2. The van der Waals surface area contributed by atoms with Crippen LogP contribution in [0, 0.1) is 5.92 Å². The highest BCUT2D eigenvalue weighted by atomic mass is 16.3. The molecule has 1 fully saturated rings. The average Bonchev–Trinajstić information content (AvgIpc) is 3.09. The average molecular weight is 409 g/mol. The normalized spacial score (nSPS) is 26.7. The maximum atomic E-state index is 9.80. The Bertz CT molecular complexity index is 1320. The molecule has 1 aliphatic carbocycles. The first-order valence-electron chi connectivity index (χ1n) is 10.3. The molecule has 31 heavy (non-hydrogen) atoms. The summed E-state index contributed by atoms with van der Waals surface area (Å²) >= 11 is 0. The lowest BCUT2D eigenvalue weighted by molar-refractivity contribution is -0.754. The quantitative estimate of drug-likeness (QED) is 0.512. The van der Waals surface area contributed by atoms with E-state index >= 15 is 0 Å². The molecular weight excluding hydrogens is 388 g/mol. The summed E-state index contributed by atoms with van der Waals surface area (Å²) in [5, 5.41) is 9.80. The van der Waals surface area contributed by atoms with Gasteiger partial charge >= 0.3 is 0 Å². The number of hydrogen-bond donors (Lipinski definition) is 2. The lowest BCUT2D eigenvalue weighted by atomic mass is 9.81. The van der Waals surface area contributed by atoms with E-state index in [1.165, 1.54) is 0 Å². The van der Waals surface area contributed by atoms with Crippen LogP contribution < -0.4 is 5.84 Å². The second kappa shape index (κ2) is 6.75. The predicted octanol–water partition coefficient (Wildman–Crippen LogP) is 3.39. The lowest BCUT2D eigenvalue weighted by Crippen LogP contribution is -2.57. The van der Waals surface area contributed by atoms with Crippen LogP contribution in [0.1, 0.15) is 18.4 Å². The summed E-state index contributed by atoms with van der Waals surface area (Å²) in [5.74, 6) is 7.78. The summed E-state index contributed by atoms with van der Waals surface area (Å²) in [4.78, 5) is 18.7. The van der Waals surface area contributed by atoms with E-state index in [0.717, 1.165) is 45.1 Å². The Labute approximate surface area is 179 Å². The highest BCUT2D eigenvalue weighted by Gasteiger charge is 2.50. The second-order valence-electron chi connectivity index (χ2n) is 8.20. The van der Waals surface area contributed by atoms with Crippen LogP contribution in [0.3, 0.4) is 0 Å². The van der Waals surface area contributed by atoms with Crippen LogP contribution in [0.15, 0.2) is 82.8 Å². The summed E-state index contributed by atoms with van der Waals surface area (Å²) < 4.78 is 0.0178. The lowest BCUT2D eigenvalue weighted by Gasteiger charge is -2.36. The van der Waals surface area contributed by atoms with Gasteiger partial charge in [-0.2, -0.15) is 10.8 Å². The fraction of sp³-hybridized carbons (Fsp3) is 0.167. The number of allylic oxidation sites excluding steroid dienone is 1. The van der Waals surface area contributed by atoms with Crippen molar-refractivity contribution in [2.75, 3.05) is 0 Å². The van der Waals surface area contributed by atoms with Crippen molar-refractivity contribution in [2.45, 2.75) is 18.9 Å². The van der Waals surface area contributed by atoms with Gasteiger partial charge in [-0.05, 0) is 25.0 Å². The van der Waals surface area contributed by atoms with Gasteiger partial charge in [-0.3, -0.25) is 9.98 Å². The van der Waals surface area contributed by atoms with E-state index in [9.17, 15) is 5.11 Å². The van der Waals surface area contributed by atoms with E-state index < -0.39 is 0 Å². The molecule has 3 heterocycles. The molecule has 1 atom stereocenters. The number of amidine groups is 1. The predicted molar refractivity (Wildman–Crippen MR) is 120 cm³/mol. The minimum atomic E-state index is -0.276. The van der Waals surface area contributed by atoms with E-state index in [-0.39, 0.29) is 16.6 Å². The molecule has 0 saturated heterocycles. The Morgan fingerprint density at radius 2 is 1.84 bits per heavy atom. The molecule has 0 amide bonds. The molecule has 1 saturated carbocycles. The van der Waals surface area contributed by atoms with Crippen LogP contribution in [0.4, 0.5) is 0 Å². The molecule has 2 aliphatic heterocycles. The van der Waals surface area contributed by atoms with Crippen LogP contribution in [0.25, 0.3) is 28.0 Å². The molecule has 0 radical (unpaired) electrons. The Morgan fingerprint density at radius 1 is 1.00 bits per heavy atom. The van der Waals surface area contributed by atoms with Crippen molar-refractivity contribution < 1.29 is 9.70 Å². The molecule has 6 rings (SSSR count). The third-order valence-electron chi connectivity index (χ3n) is 6.19. The van der Waals surface area contributed by atoms with Gasteiger partial charge in [0.05, 0.1) is 47.4 Å². The third kappa shape index (κ3) is 2.86. The van der Waals surface area contributed by atoms with Crippen molar-refractivity contribution in [3.8, 4) is 11.3 Å². The van der Waals surface area contributed by atoms with Crippen molar-refractivity contribution in [1.82, 2.24) is 9.97 Å². The third-order valence-corrected chi connectivity index (χ3v) is 6.19. The summed E-state index contributed by atoms with van der Waals surface area (Å²) in [7, 11) is 0. The van der Waals surface area contributed by atoms with Crippen molar-refractivity contribution in [3.05, 3.63) is 78.4 Å². The van der Waals surface area contributed by atoms with E-state index in [1.54, 1.807) is 18.6 Å². The zero-order valence-corrected chi connectivity index (χ0v) is 16.8. The molecule has 1 aromatic heterocycles. The fourth-order valence-electron chi connectivity index (χ4n) is 4.44. The highest BCUT2D eigenvalue weighted by Crippen LogP contribution is 2.41. The summed E-state index contributed by atoms with van der Waals surface area (Å²) in [6.07, 6.45) is 8.22. The smallest absolute Gasteiger partial charge is 0.236 e. The standard InChI is InChI=1S/C24H21N6O/c25-30-9-8-26-14-22(30)23(29-24(30)17-10-18(31)11-17)16-6-7-19-20(12-16)28-21(13-27-19)15-4-2-1-3-5-15/h1-9,12-14,17-18,31H,10-11,25H2/q+1. The molecule has 7 heteroatoms. The van der Waals surface area contributed by atoms with Crippen LogP contribution >= 0.6 is 0 Å². The summed E-state index contributed by atoms with van der Waals surface area (Å²) in [5.41, 5.74) is 6.01. The minimum absolute atomic E-state index is 0.0178. The Hall–Kier alpha value is -3.52. The SMILES string of the molecule is N[N+]12C=CN=CC1=C(c1ccc3ncc(-c4ccccc4)nc3c1)N=C2C1CC(O)C1. The Balaban J connectivity index is 1.46. The van der Waals surface area contributed by atoms with Gasteiger partial charge in [-0.25, -0.2) is 4.98 Å². The van der Waals surface area contributed by atoms with Gasteiger partial charge in [0.25, 0.3) is 0 Å². The molecule has 2 aromatic carbocycles. The molecule has 3 aromatic rings. The first-order valence-corrected chi connectivity index (χ1v) is 10.3. The largest absolute Gasteiger partial charge is 0.393 e. The number of aromatic nitrogens is 2. The topological polar surface area (TPSA) is 96.8 Å². The van der Waals surface area contributed by atoms with Gasteiger partial charge in [0, 0.05) is 11.1 Å².